The number of hydrogen-bond donors (Lipinski definition) is 1. The van der Waals surface area contributed by atoms with Gasteiger partial charge < -0.3 is 9.84 Å². The van der Waals surface area contributed by atoms with Crippen LogP contribution in [0.1, 0.15) is 39.0 Å². The highest BCUT2D eigenvalue weighted by Crippen LogP contribution is 2.42. The van der Waals surface area contributed by atoms with E-state index in [2.05, 4.69) is 4.74 Å². The van der Waals surface area contributed by atoms with E-state index >= 15 is 0 Å². The number of aliphatic hydroxyl groups is 1. The van der Waals surface area contributed by atoms with Gasteiger partial charge in [0.15, 0.2) is 6.61 Å². The van der Waals surface area contributed by atoms with Crippen LogP contribution in [0, 0.1) is 5.41 Å². The Morgan fingerprint density at radius 2 is 1.88 bits per heavy atom. The molecule has 0 spiro atoms. The van der Waals surface area contributed by atoms with E-state index in [0.29, 0.717) is 0 Å². The van der Waals surface area contributed by atoms with Crippen LogP contribution < -0.4 is 0 Å². The zero-order valence-corrected chi connectivity index (χ0v) is 9.41. The van der Waals surface area contributed by atoms with Crippen molar-refractivity contribution in [2.45, 2.75) is 39.0 Å². The lowest BCUT2D eigenvalue weighted by molar-refractivity contribution is -0.135. The minimum Gasteiger partial charge on any atom is -0.511 e. The molecule has 2 fully saturated rings. The van der Waals surface area contributed by atoms with Gasteiger partial charge in [-0.25, -0.2) is 4.79 Å². The third-order valence-electron chi connectivity index (χ3n) is 3.58. The van der Waals surface area contributed by atoms with Gasteiger partial charge in [0.25, 0.3) is 0 Å². The molecule has 0 bridgehead atoms. The summed E-state index contributed by atoms with van der Waals surface area (Å²) in [5.74, 6) is -1.12. The summed E-state index contributed by atoms with van der Waals surface area (Å²) < 4.78 is 4.63. The summed E-state index contributed by atoms with van der Waals surface area (Å²) in [5, 5.41) is 10.1. The average molecular weight is 224 g/mol. The second-order valence-corrected chi connectivity index (χ2v) is 4.84. The second-order valence-electron chi connectivity index (χ2n) is 4.84. The average Bonchev–Trinajstić information content (AvgIpc) is 2.59. The molecule has 0 aromatic carbocycles. The zero-order valence-electron chi connectivity index (χ0n) is 9.41. The number of rotatable bonds is 1. The van der Waals surface area contributed by atoms with E-state index < -0.39 is 17.2 Å². The maximum absolute atomic E-state index is 11.4. The normalized spacial score (nSPS) is 27.8. The fourth-order valence-electron chi connectivity index (χ4n) is 2.49. The minimum absolute atomic E-state index is 0.0558. The van der Waals surface area contributed by atoms with Crippen molar-refractivity contribution in [2.75, 3.05) is 6.61 Å². The highest BCUT2D eigenvalue weighted by molar-refractivity contribution is 6.22. The molecular weight excluding hydrogens is 208 g/mol. The second kappa shape index (κ2) is 3.92. The quantitative estimate of drug-likeness (QED) is 0.320. The van der Waals surface area contributed by atoms with Crippen molar-refractivity contribution < 1.29 is 19.4 Å². The van der Waals surface area contributed by atoms with E-state index in [4.69, 9.17) is 0 Å². The summed E-state index contributed by atoms with van der Waals surface area (Å²) in [4.78, 5) is 22.8. The van der Waals surface area contributed by atoms with Crippen molar-refractivity contribution in [1.82, 2.24) is 0 Å². The highest BCUT2D eigenvalue weighted by atomic mass is 16.5. The van der Waals surface area contributed by atoms with Crippen molar-refractivity contribution in [2.24, 2.45) is 5.41 Å². The van der Waals surface area contributed by atoms with Gasteiger partial charge in [0.2, 0.25) is 5.78 Å². The Hall–Kier alpha value is -1.32. The third kappa shape index (κ3) is 1.72. The molecular formula is C12H16O4. The SMILES string of the molecule is CC1(/C(O)=C2/C(=O)COC2=O)CCCCC1. The van der Waals surface area contributed by atoms with Crippen LogP contribution >= 0.6 is 0 Å². The summed E-state index contributed by atoms with van der Waals surface area (Å²) in [7, 11) is 0. The summed E-state index contributed by atoms with van der Waals surface area (Å²) in [6.07, 6.45) is 4.84. The maximum Gasteiger partial charge on any atom is 0.345 e. The number of hydrogen-bond acceptors (Lipinski definition) is 4. The summed E-state index contributed by atoms with van der Waals surface area (Å²) in [6, 6.07) is 0. The minimum atomic E-state index is -0.672. The number of Topliss-reactive ketones (excluding diaryl/α,β-unsaturated/α-hetero) is 1. The maximum atomic E-state index is 11.4. The van der Waals surface area contributed by atoms with Gasteiger partial charge in [-0.15, -0.1) is 0 Å². The van der Waals surface area contributed by atoms with Crippen LogP contribution in [0.4, 0.5) is 0 Å². The molecule has 1 aliphatic carbocycles. The lowest BCUT2D eigenvalue weighted by Gasteiger charge is -2.33. The number of carbonyl (C=O) groups excluding carboxylic acids is 2. The van der Waals surface area contributed by atoms with Crippen molar-refractivity contribution in [3.8, 4) is 0 Å². The van der Waals surface area contributed by atoms with Crippen molar-refractivity contribution in [3.63, 3.8) is 0 Å². The monoisotopic (exact) mass is 224 g/mol. The first-order chi connectivity index (χ1) is 7.54. The number of ether oxygens (including phenoxy) is 1. The van der Waals surface area contributed by atoms with Gasteiger partial charge in [-0.2, -0.15) is 0 Å². The Bertz CT molecular complexity index is 343. The van der Waals surface area contributed by atoms with Gasteiger partial charge in [-0.3, -0.25) is 4.79 Å². The van der Waals surface area contributed by atoms with E-state index in [1.165, 1.54) is 0 Å². The van der Waals surface area contributed by atoms with Gasteiger partial charge >= 0.3 is 5.97 Å². The molecule has 0 radical (unpaired) electrons. The van der Waals surface area contributed by atoms with E-state index in [9.17, 15) is 14.7 Å². The number of aliphatic hydroxyl groups excluding tert-OH is 1. The van der Waals surface area contributed by atoms with Crippen molar-refractivity contribution >= 4 is 11.8 Å². The van der Waals surface area contributed by atoms with Crippen LogP contribution in [0.2, 0.25) is 0 Å². The van der Waals surface area contributed by atoms with Crippen LogP contribution in [-0.4, -0.2) is 23.5 Å². The van der Waals surface area contributed by atoms with Crippen molar-refractivity contribution in [1.29, 1.82) is 0 Å². The molecule has 0 aromatic rings. The number of ketones is 1. The smallest absolute Gasteiger partial charge is 0.345 e. The summed E-state index contributed by atoms with van der Waals surface area (Å²) in [6.45, 7) is 1.68. The van der Waals surface area contributed by atoms with Crippen LogP contribution in [0.3, 0.4) is 0 Å². The van der Waals surface area contributed by atoms with Gasteiger partial charge in [0.1, 0.15) is 11.3 Å². The summed E-state index contributed by atoms with van der Waals surface area (Å²) >= 11 is 0. The molecule has 0 aromatic heterocycles. The fourth-order valence-corrected chi connectivity index (χ4v) is 2.49. The molecule has 4 nitrogen and oxygen atoms in total. The Labute approximate surface area is 94.3 Å². The van der Waals surface area contributed by atoms with Gasteiger partial charge in [0.05, 0.1) is 0 Å². The van der Waals surface area contributed by atoms with Crippen LogP contribution in [0.25, 0.3) is 0 Å². The van der Waals surface area contributed by atoms with Gasteiger partial charge in [-0.1, -0.05) is 26.2 Å². The van der Waals surface area contributed by atoms with Crippen molar-refractivity contribution in [3.05, 3.63) is 11.3 Å². The molecule has 2 rings (SSSR count). The molecule has 1 aliphatic heterocycles. The zero-order chi connectivity index (χ0) is 11.8. The van der Waals surface area contributed by atoms with Gasteiger partial charge in [0, 0.05) is 5.41 Å². The molecule has 1 saturated carbocycles. The third-order valence-corrected chi connectivity index (χ3v) is 3.58. The molecule has 1 saturated heterocycles. The van der Waals surface area contributed by atoms with Crippen LogP contribution in [-0.2, 0) is 14.3 Å². The lowest BCUT2D eigenvalue weighted by Crippen LogP contribution is -2.26. The molecule has 1 N–H and O–H groups in total. The lowest BCUT2D eigenvalue weighted by atomic mass is 9.73. The Morgan fingerprint density at radius 3 is 2.38 bits per heavy atom. The molecule has 4 heteroatoms. The number of esters is 1. The largest absolute Gasteiger partial charge is 0.511 e. The van der Waals surface area contributed by atoms with E-state index in [0.717, 1.165) is 32.1 Å². The summed E-state index contributed by atoms with van der Waals surface area (Å²) in [5.41, 5.74) is -0.545. The molecule has 0 amide bonds. The first-order valence-corrected chi connectivity index (χ1v) is 5.69. The molecule has 0 atom stereocenters. The molecule has 1 heterocycles. The highest BCUT2D eigenvalue weighted by Gasteiger charge is 2.40. The standard InChI is InChI=1S/C12H16O4/c1-12(5-3-2-4-6-12)10(14)9-8(13)7-16-11(9)15/h14H,2-7H2,1H3/b10-9+. The molecule has 88 valence electrons. The Morgan fingerprint density at radius 1 is 1.25 bits per heavy atom. The molecule has 16 heavy (non-hydrogen) atoms. The van der Waals surface area contributed by atoms with E-state index in [-0.39, 0.29) is 17.9 Å². The predicted molar refractivity (Wildman–Crippen MR) is 56.8 cm³/mol. The van der Waals surface area contributed by atoms with Crippen LogP contribution in [0.15, 0.2) is 11.3 Å². The van der Waals surface area contributed by atoms with E-state index in [1.807, 2.05) is 6.92 Å². The Kier molecular flexibility index (Phi) is 2.74. The number of cyclic esters (lactones) is 1. The first-order valence-electron chi connectivity index (χ1n) is 5.69. The van der Waals surface area contributed by atoms with E-state index in [1.54, 1.807) is 0 Å². The topological polar surface area (TPSA) is 63.6 Å². The first kappa shape index (κ1) is 11.2. The van der Waals surface area contributed by atoms with Crippen LogP contribution in [0.5, 0.6) is 0 Å². The number of allylic oxidation sites excluding steroid dienone is 1. The molecule has 0 unspecified atom stereocenters. The number of carbonyl (C=O) groups is 2. The molecule has 2 aliphatic rings. The van der Waals surface area contributed by atoms with Gasteiger partial charge in [-0.05, 0) is 12.8 Å². The fraction of sp³-hybridized carbons (Fsp3) is 0.667. The Balaban J connectivity index is 2.34. The predicted octanol–water partition coefficient (Wildman–Crippen LogP) is 1.89.